The molecule has 0 aliphatic heterocycles. The van der Waals surface area contributed by atoms with E-state index in [0.29, 0.717) is 16.7 Å². The molecule has 0 amide bonds. The van der Waals surface area contributed by atoms with Gasteiger partial charge in [-0.1, -0.05) is 30.0 Å². The summed E-state index contributed by atoms with van der Waals surface area (Å²) >= 11 is 2.90. The van der Waals surface area contributed by atoms with Crippen molar-refractivity contribution in [2.45, 2.75) is 9.77 Å². The number of nitrogens with zero attached hydrogens (tertiary/aromatic N) is 4. The molecule has 0 saturated carbocycles. The Labute approximate surface area is 176 Å². The van der Waals surface area contributed by atoms with Gasteiger partial charge in [0, 0.05) is 40.4 Å². The Balaban J connectivity index is 1.69. The van der Waals surface area contributed by atoms with Gasteiger partial charge in [0.25, 0.3) is 0 Å². The van der Waals surface area contributed by atoms with Crippen molar-refractivity contribution < 1.29 is 0 Å². The number of pyridine rings is 1. The average molecular weight is 417 g/mol. The summed E-state index contributed by atoms with van der Waals surface area (Å²) in [6, 6.07) is 19.3. The molecule has 0 aliphatic carbocycles. The summed E-state index contributed by atoms with van der Waals surface area (Å²) in [6.45, 7) is 0. The fourth-order valence-electron chi connectivity index (χ4n) is 2.81. The van der Waals surface area contributed by atoms with E-state index < -0.39 is 4.75 Å². The van der Waals surface area contributed by atoms with Crippen molar-refractivity contribution in [1.29, 1.82) is 5.26 Å². The normalized spacial score (nSPS) is 12.7. The van der Waals surface area contributed by atoms with Crippen LogP contribution in [0.2, 0.25) is 0 Å². The number of nitrogen functional groups attached to an aromatic ring is 1. The largest absolute Gasteiger partial charge is 0.399 e. The summed E-state index contributed by atoms with van der Waals surface area (Å²) in [4.78, 5) is 14.0. The van der Waals surface area contributed by atoms with Gasteiger partial charge >= 0.3 is 0 Å². The molecular weight excluding hydrogens is 400 g/mol. The Morgan fingerprint density at radius 1 is 1.10 bits per heavy atom. The molecular formula is C21H16N6S2. The second kappa shape index (κ2) is 8.31. The second-order valence-electron chi connectivity index (χ2n) is 6.08. The third kappa shape index (κ3) is 4.06. The maximum Gasteiger partial charge on any atom is 0.228 e. The highest BCUT2D eigenvalue weighted by molar-refractivity contribution is 8.00. The van der Waals surface area contributed by atoms with E-state index in [1.165, 1.54) is 23.1 Å². The number of nitrogens with one attached hydrogen (secondary N) is 1. The van der Waals surface area contributed by atoms with Gasteiger partial charge in [0.05, 0.1) is 6.07 Å². The summed E-state index contributed by atoms with van der Waals surface area (Å²) in [7, 11) is 0. The molecule has 0 bridgehead atoms. The van der Waals surface area contributed by atoms with E-state index in [4.69, 9.17) is 5.73 Å². The van der Waals surface area contributed by atoms with Gasteiger partial charge in [-0.25, -0.2) is 9.97 Å². The van der Waals surface area contributed by atoms with Crippen LogP contribution in [0.25, 0.3) is 0 Å². The van der Waals surface area contributed by atoms with Crippen LogP contribution in [0.1, 0.15) is 10.4 Å². The molecule has 29 heavy (non-hydrogen) atoms. The summed E-state index contributed by atoms with van der Waals surface area (Å²) in [5, 5.41) is 16.0. The molecule has 3 heterocycles. The van der Waals surface area contributed by atoms with Crippen LogP contribution in [0, 0.1) is 11.3 Å². The highest BCUT2D eigenvalue weighted by Gasteiger charge is 2.38. The molecule has 0 spiro atoms. The number of nitriles is 1. The summed E-state index contributed by atoms with van der Waals surface area (Å²) in [5.41, 5.74) is 8.09. The number of rotatable bonds is 6. The molecule has 4 aromatic rings. The first-order valence-electron chi connectivity index (χ1n) is 8.70. The van der Waals surface area contributed by atoms with Crippen LogP contribution in [-0.4, -0.2) is 15.0 Å². The van der Waals surface area contributed by atoms with Gasteiger partial charge in [0.2, 0.25) is 5.95 Å². The van der Waals surface area contributed by atoms with E-state index in [1.807, 2.05) is 53.9 Å². The molecule has 142 valence electrons. The van der Waals surface area contributed by atoms with E-state index in [0.717, 1.165) is 16.1 Å². The van der Waals surface area contributed by atoms with Crippen molar-refractivity contribution in [2.75, 3.05) is 11.1 Å². The topological polar surface area (TPSA) is 101 Å². The van der Waals surface area contributed by atoms with E-state index in [2.05, 4.69) is 26.3 Å². The first-order valence-corrected chi connectivity index (χ1v) is 10.4. The van der Waals surface area contributed by atoms with Crippen LogP contribution in [-0.2, 0) is 4.75 Å². The van der Waals surface area contributed by atoms with Crippen molar-refractivity contribution in [3.05, 3.63) is 89.0 Å². The predicted molar refractivity (Wildman–Crippen MR) is 117 cm³/mol. The Morgan fingerprint density at radius 2 is 2.03 bits per heavy atom. The number of nitrogens with two attached hydrogens (primary N) is 1. The fraction of sp³-hybridized carbons (Fsp3) is 0.0476. The third-order valence-electron chi connectivity index (χ3n) is 4.12. The zero-order chi connectivity index (χ0) is 20.1. The maximum atomic E-state index is 10.2. The standard InChI is InChI=1S/C21H16N6S2/c22-14-21(18-7-3-11-28-18,15-4-2-9-24-13-15)29-19-8-10-25-20(27-19)26-17-6-1-5-16(23)12-17/h1-13H,23H2,(H,25,26,27). The lowest BCUT2D eigenvalue weighted by atomic mass is 10.00. The van der Waals surface area contributed by atoms with Crippen LogP contribution in [0.15, 0.2) is 83.6 Å². The van der Waals surface area contributed by atoms with Crippen molar-refractivity contribution in [2.24, 2.45) is 0 Å². The molecule has 1 aromatic carbocycles. The monoisotopic (exact) mass is 416 g/mol. The molecule has 3 aromatic heterocycles. The van der Waals surface area contributed by atoms with E-state index in [1.54, 1.807) is 24.7 Å². The Kier molecular flexibility index (Phi) is 5.42. The Hall–Kier alpha value is -3.41. The van der Waals surface area contributed by atoms with Crippen molar-refractivity contribution in [3.8, 4) is 6.07 Å². The first-order chi connectivity index (χ1) is 14.2. The molecule has 0 fully saturated rings. The minimum Gasteiger partial charge on any atom is -0.399 e. The number of hydrogen-bond donors (Lipinski definition) is 2. The Morgan fingerprint density at radius 3 is 2.76 bits per heavy atom. The van der Waals surface area contributed by atoms with Crippen LogP contribution < -0.4 is 11.1 Å². The maximum absolute atomic E-state index is 10.2. The molecule has 0 radical (unpaired) electrons. The van der Waals surface area contributed by atoms with E-state index >= 15 is 0 Å². The van der Waals surface area contributed by atoms with Crippen LogP contribution in [0.5, 0.6) is 0 Å². The van der Waals surface area contributed by atoms with Gasteiger partial charge in [-0.05, 0) is 41.8 Å². The highest BCUT2D eigenvalue weighted by atomic mass is 32.2. The summed E-state index contributed by atoms with van der Waals surface area (Å²) in [6.07, 6.45) is 5.09. The molecule has 3 N–H and O–H groups in total. The van der Waals surface area contributed by atoms with Gasteiger partial charge in [-0.15, -0.1) is 11.3 Å². The third-order valence-corrected chi connectivity index (χ3v) is 6.53. The van der Waals surface area contributed by atoms with Gasteiger partial charge < -0.3 is 11.1 Å². The number of anilines is 3. The zero-order valence-electron chi connectivity index (χ0n) is 15.2. The summed E-state index contributed by atoms with van der Waals surface area (Å²) in [5.74, 6) is 0.435. The minimum atomic E-state index is -0.953. The lowest BCUT2D eigenvalue weighted by Crippen LogP contribution is -2.20. The highest BCUT2D eigenvalue weighted by Crippen LogP contribution is 2.47. The van der Waals surface area contributed by atoms with Crippen LogP contribution in [0.4, 0.5) is 17.3 Å². The molecule has 8 heteroatoms. The molecule has 0 saturated heterocycles. The van der Waals surface area contributed by atoms with Crippen LogP contribution in [0.3, 0.4) is 0 Å². The summed E-state index contributed by atoms with van der Waals surface area (Å²) < 4.78 is -0.953. The van der Waals surface area contributed by atoms with E-state index in [9.17, 15) is 5.26 Å². The lowest BCUT2D eigenvalue weighted by Gasteiger charge is -2.24. The van der Waals surface area contributed by atoms with Gasteiger partial charge in [-0.3, -0.25) is 4.98 Å². The quantitative estimate of drug-likeness (QED) is 0.264. The van der Waals surface area contributed by atoms with Crippen molar-refractivity contribution >= 4 is 40.4 Å². The second-order valence-corrected chi connectivity index (χ2v) is 8.27. The minimum absolute atomic E-state index is 0.435. The van der Waals surface area contributed by atoms with Gasteiger partial charge in [0.1, 0.15) is 5.03 Å². The molecule has 1 atom stereocenters. The number of benzene rings is 1. The van der Waals surface area contributed by atoms with Crippen molar-refractivity contribution in [1.82, 2.24) is 15.0 Å². The zero-order valence-corrected chi connectivity index (χ0v) is 16.8. The number of hydrogen-bond acceptors (Lipinski definition) is 8. The number of thioether (sulfide) groups is 1. The Bertz CT molecular complexity index is 1140. The number of aromatic nitrogens is 3. The first kappa shape index (κ1) is 18.9. The molecule has 1 unspecified atom stereocenters. The van der Waals surface area contributed by atoms with Crippen LogP contribution >= 0.6 is 23.1 Å². The van der Waals surface area contributed by atoms with E-state index in [-0.39, 0.29) is 0 Å². The SMILES string of the molecule is N#CC(Sc1ccnc(Nc2cccc(N)c2)n1)(c1cccnc1)c1cccs1. The van der Waals surface area contributed by atoms with Crippen molar-refractivity contribution in [3.63, 3.8) is 0 Å². The van der Waals surface area contributed by atoms with Gasteiger partial charge in [0.15, 0.2) is 4.75 Å². The molecule has 6 nitrogen and oxygen atoms in total. The smallest absolute Gasteiger partial charge is 0.228 e. The predicted octanol–water partition coefficient (Wildman–Crippen LogP) is 4.82. The molecule has 0 aliphatic rings. The molecule has 4 rings (SSSR count). The lowest BCUT2D eigenvalue weighted by molar-refractivity contribution is 0.950. The fourth-order valence-corrected chi connectivity index (χ4v) is 4.89. The van der Waals surface area contributed by atoms with Gasteiger partial charge in [-0.2, -0.15) is 5.26 Å². The number of thiophene rings is 1. The average Bonchev–Trinajstić information content (AvgIpc) is 3.28.